The fraction of sp³-hybridized carbons (Fsp3) is 0.235. The number of ether oxygens (including phenoxy) is 3. The minimum absolute atomic E-state index is 0.189. The SMILES string of the molecule is CCCOc1ccccc1NC(=O)c1ccc2c(c1)OCO2. The van der Waals surface area contributed by atoms with Crippen LogP contribution < -0.4 is 19.5 Å². The van der Waals surface area contributed by atoms with E-state index in [4.69, 9.17) is 14.2 Å². The number of amides is 1. The highest BCUT2D eigenvalue weighted by Crippen LogP contribution is 2.33. The summed E-state index contributed by atoms with van der Waals surface area (Å²) in [5, 5.41) is 2.87. The van der Waals surface area contributed by atoms with Crippen molar-refractivity contribution < 1.29 is 19.0 Å². The Hall–Kier alpha value is -2.69. The van der Waals surface area contributed by atoms with Crippen LogP contribution in [0.15, 0.2) is 42.5 Å². The van der Waals surface area contributed by atoms with Gasteiger partial charge in [0.1, 0.15) is 5.75 Å². The maximum Gasteiger partial charge on any atom is 0.255 e. The lowest BCUT2D eigenvalue weighted by molar-refractivity contribution is 0.102. The molecule has 3 rings (SSSR count). The van der Waals surface area contributed by atoms with Gasteiger partial charge in [0.05, 0.1) is 12.3 Å². The van der Waals surface area contributed by atoms with E-state index < -0.39 is 0 Å². The monoisotopic (exact) mass is 299 g/mol. The Bertz CT molecular complexity index is 684. The van der Waals surface area contributed by atoms with Gasteiger partial charge in [-0.15, -0.1) is 0 Å². The number of fused-ring (bicyclic) bond motifs is 1. The van der Waals surface area contributed by atoms with Gasteiger partial charge in [-0.25, -0.2) is 0 Å². The van der Waals surface area contributed by atoms with Crippen LogP contribution in [-0.2, 0) is 0 Å². The summed E-state index contributed by atoms with van der Waals surface area (Å²) in [7, 11) is 0. The van der Waals surface area contributed by atoms with Gasteiger partial charge in [-0.2, -0.15) is 0 Å². The maximum absolute atomic E-state index is 12.4. The second-order valence-electron chi connectivity index (χ2n) is 4.87. The Kier molecular flexibility index (Phi) is 4.14. The highest BCUT2D eigenvalue weighted by atomic mass is 16.7. The van der Waals surface area contributed by atoms with Gasteiger partial charge in [0, 0.05) is 5.56 Å². The Morgan fingerprint density at radius 1 is 1.18 bits per heavy atom. The Morgan fingerprint density at radius 3 is 2.86 bits per heavy atom. The molecule has 5 heteroatoms. The minimum Gasteiger partial charge on any atom is -0.491 e. The average molecular weight is 299 g/mol. The van der Waals surface area contributed by atoms with Crippen molar-refractivity contribution in [1.82, 2.24) is 0 Å². The second-order valence-corrected chi connectivity index (χ2v) is 4.87. The number of rotatable bonds is 5. The first-order chi connectivity index (χ1) is 10.8. The van der Waals surface area contributed by atoms with E-state index in [1.807, 2.05) is 31.2 Å². The molecule has 0 fully saturated rings. The van der Waals surface area contributed by atoms with Gasteiger partial charge in [-0.1, -0.05) is 19.1 Å². The Morgan fingerprint density at radius 2 is 2.00 bits per heavy atom. The van der Waals surface area contributed by atoms with Crippen molar-refractivity contribution in [1.29, 1.82) is 0 Å². The van der Waals surface area contributed by atoms with Gasteiger partial charge < -0.3 is 19.5 Å². The van der Waals surface area contributed by atoms with E-state index in [1.165, 1.54) is 0 Å². The predicted octanol–water partition coefficient (Wildman–Crippen LogP) is 3.46. The summed E-state index contributed by atoms with van der Waals surface area (Å²) in [5.74, 6) is 1.69. The molecule has 22 heavy (non-hydrogen) atoms. The van der Waals surface area contributed by atoms with E-state index in [0.29, 0.717) is 35.1 Å². The number of anilines is 1. The summed E-state index contributed by atoms with van der Waals surface area (Å²) in [5.41, 5.74) is 1.16. The van der Waals surface area contributed by atoms with Gasteiger partial charge >= 0.3 is 0 Å². The molecule has 0 saturated heterocycles. The van der Waals surface area contributed by atoms with Crippen LogP contribution in [0, 0.1) is 0 Å². The number of para-hydroxylation sites is 2. The molecule has 5 nitrogen and oxygen atoms in total. The van der Waals surface area contributed by atoms with Crippen molar-refractivity contribution in [2.24, 2.45) is 0 Å². The van der Waals surface area contributed by atoms with Gasteiger partial charge in [0.2, 0.25) is 6.79 Å². The van der Waals surface area contributed by atoms with Crippen molar-refractivity contribution in [3.8, 4) is 17.2 Å². The maximum atomic E-state index is 12.4. The smallest absolute Gasteiger partial charge is 0.255 e. The molecule has 0 aliphatic carbocycles. The average Bonchev–Trinajstić information content (AvgIpc) is 3.01. The topological polar surface area (TPSA) is 56.8 Å². The third-order valence-corrected chi connectivity index (χ3v) is 3.23. The van der Waals surface area contributed by atoms with Crippen LogP contribution in [-0.4, -0.2) is 19.3 Å². The lowest BCUT2D eigenvalue weighted by atomic mass is 10.2. The molecule has 0 aromatic heterocycles. The summed E-state index contributed by atoms with van der Waals surface area (Å²) in [6, 6.07) is 12.5. The zero-order valence-electron chi connectivity index (χ0n) is 12.3. The fourth-order valence-corrected chi connectivity index (χ4v) is 2.14. The molecule has 1 N–H and O–H groups in total. The van der Waals surface area contributed by atoms with Crippen molar-refractivity contribution in [3.63, 3.8) is 0 Å². The van der Waals surface area contributed by atoms with Gasteiger partial charge in [0.15, 0.2) is 11.5 Å². The molecule has 1 heterocycles. The van der Waals surface area contributed by atoms with Crippen LogP contribution in [0.4, 0.5) is 5.69 Å². The van der Waals surface area contributed by atoms with E-state index in [9.17, 15) is 4.79 Å². The van der Waals surface area contributed by atoms with Crippen LogP contribution in [0.5, 0.6) is 17.2 Å². The molecule has 0 bridgehead atoms. The molecule has 0 saturated carbocycles. The van der Waals surface area contributed by atoms with Crippen molar-refractivity contribution in [2.75, 3.05) is 18.7 Å². The zero-order valence-corrected chi connectivity index (χ0v) is 12.3. The summed E-state index contributed by atoms with van der Waals surface area (Å²) < 4.78 is 16.2. The van der Waals surface area contributed by atoms with E-state index in [0.717, 1.165) is 6.42 Å². The fourth-order valence-electron chi connectivity index (χ4n) is 2.14. The van der Waals surface area contributed by atoms with E-state index >= 15 is 0 Å². The predicted molar refractivity (Wildman–Crippen MR) is 82.7 cm³/mol. The molecule has 0 unspecified atom stereocenters. The molecule has 1 amide bonds. The summed E-state index contributed by atoms with van der Waals surface area (Å²) in [4.78, 5) is 12.4. The normalized spacial score (nSPS) is 12.0. The van der Waals surface area contributed by atoms with E-state index in [2.05, 4.69) is 5.32 Å². The molecular weight excluding hydrogens is 282 g/mol. The van der Waals surface area contributed by atoms with E-state index in [-0.39, 0.29) is 12.7 Å². The first kappa shape index (κ1) is 14.3. The highest BCUT2D eigenvalue weighted by molar-refractivity contribution is 6.05. The molecule has 0 radical (unpaired) electrons. The third kappa shape index (κ3) is 2.98. The number of benzene rings is 2. The second kappa shape index (κ2) is 6.39. The van der Waals surface area contributed by atoms with Gasteiger partial charge in [-0.3, -0.25) is 4.79 Å². The van der Waals surface area contributed by atoms with Crippen LogP contribution in [0.1, 0.15) is 23.7 Å². The number of carbonyl (C=O) groups excluding carboxylic acids is 1. The van der Waals surface area contributed by atoms with Crippen LogP contribution in [0.25, 0.3) is 0 Å². The lowest BCUT2D eigenvalue weighted by Gasteiger charge is -2.12. The van der Waals surface area contributed by atoms with Crippen molar-refractivity contribution >= 4 is 11.6 Å². The molecule has 2 aromatic rings. The molecule has 0 atom stereocenters. The van der Waals surface area contributed by atoms with Gasteiger partial charge in [0.25, 0.3) is 5.91 Å². The highest BCUT2D eigenvalue weighted by Gasteiger charge is 2.17. The largest absolute Gasteiger partial charge is 0.491 e. The summed E-state index contributed by atoms with van der Waals surface area (Å²) in [6.45, 7) is 2.83. The van der Waals surface area contributed by atoms with Crippen LogP contribution in [0.3, 0.4) is 0 Å². The molecule has 114 valence electrons. The molecule has 1 aliphatic heterocycles. The van der Waals surface area contributed by atoms with Crippen LogP contribution in [0.2, 0.25) is 0 Å². The summed E-state index contributed by atoms with van der Waals surface area (Å²) >= 11 is 0. The minimum atomic E-state index is -0.217. The molecular formula is C17H17NO4. The standard InChI is InChI=1S/C17H17NO4/c1-2-9-20-14-6-4-3-5-13(14)18-17(19)12-7-8-15-16(10-12)22-11-21-15/h3-8,10H,2,9,11H2,1H3,(H,18,19). The van der Waals surface area contributed by atoms with Gasteiger partial charge in [-0.05, 0) is 36.8 Å². The molecule has 2 aromatic carbocycles. The quantitative estimate of drug-likeness (QED) is 0.918. The van der Waals surface area contributed by atoms with Crippen molar-refractivity contribution in [3.05, 3.63) is 48.0 Å². The van der Waals surface area contributed by atoms with Crippen molar-refractivity contribution in [2.45, 2.75) is 13.3 Å². The zero-order chi connectivity index (χ0) is 15.4. The lowest BCUT2D eigenvalue weighted by Crippen LogP contribution is -2.13. The third-order valence-electron chi connectivity index (χ3n) is 3.23. The molecule has 0 spiro atoms. The number of nitrogens with one attached hydrogen (secondary N) is 1. The Balaban J connectivity index is 1.77. The number of hydrogen-bond acceptors (Lipinski definition) is 4. The first-order valence-corrected chi connectivity index (χ1v) is 7.21. The number of carbonyl (C=O) groups is 1. The van der Waals surface area contributed by atoms with Crippen LogP contribution >= 0.6 is 0 Å². The first-order valence-electron chi connectivity index (χ1n) is 7.21. The number of hydrogen-bond donors (Lipinski definition) is 1. The molecule has 1 aliphatic rings. The summed E-state index contributed by atoms with van der Waals surface area (Å²) in [6.07, 6.45) is 0.907. The Labute approximate surface area is 128 Å². The van der Waals surface area contributed by atoms with E-state index in [1.54, 1.807) is 18.2 Å².